The maximum atomic E-state index is 10.6. The van der Waals surface area contributed by atoms with E-state index in [2.05, 4.69) is 9.80 Å². The summed E-state index contributed by atoms with van der Waals surface area (Å²) >= 11 is 0. The zero-order valence-electron chi connectivity index (χ0n) is 10.6. The largest absolute Gasteiger partial charge is 0.478 e. The molecule has 2 rings (SSSR count). The summed E-state index contributed by atoms with van der Waals surface area (Å²) in [6.07, 6.45) is 5.16. The summed E-state index contributed by atoms with van der Waals surface area (Å²) < 4.78 is 0. The van der Waals surface area contributed by atoms with Crippen molar-refractivity contribution in [2.24, 2.45) is 0 Å². The van der Waals surface area contributed by atoms with Gasteiger partial charge in [-0.15, -0.1) is 0 Å². The quantitative estimate of drug-likeness (QED) is 0.750. The van der Waals surface area contributed by atoms with Crippen molar-refractivity contribution in [3.05, 3.63) is 11.6 Å². The highest BCUT2D eigenvalue weighted by Gasteiger charge is 2.28. The molecule has 4 nitrogen and oxygen atoms in total. The minimum Gasteiger partial charge on any atom is -0.478 e. The van der Waals surface area contributed by atoms with Gasteiger partial charge in [0.25, 0.3) is 0 Å². The van der Waals surface area contributed by atoms with Crippen molar-refractivity contribution >= 4 is 5.97 Å². The molecule has 0 aromatic heterocycles. The molecule has 0 aromatic carbocycles. The number of nitrogens with zero attached hydrogens (tertiary/aromatic N) is 2. The zero-order valence-corrected chi connectivity index (χ0v) is 10.6. The van der Waals surface area contributed by atoms with Gasteiger partial charge in [0.15, 0.2) is 0 Å². The highest BCUT2D eigenvalue weighted by Crippen LogP contribution is 2.21. The first-order valence-electron chi connectivity index (χ1n) is 6.51. The number of hydrogen-bond acceptors (Lipinski definition) is 3. The molecule has 0 amide bonds. The molecule has 0 saturated carbocycles. The van der Waals surface area contributed by atoms with E-state index in [1.807, 2.05) is 6.92 Å². The Labute approximate surface area is 103 Å². The van der Waals surface area contributed by atoms with Crippen LogP contribution in [-0.2, 0) is 4.79 Å². The molecule has 2 heterocycles. The summed E-state index contributed by atoms with van der Waals surface area (Å²) in [6, 6.07) is 0.704. The topological polar surface area (TPSA) is 43.8 Å². The number of carbonyl (C=O) groups is 1. The fraction of sp³-hybridized carbons (Fsp3) is 0.769. The lowest BCUT2D eigenvalue weighted by molar-refractivity contribution is -0.131. The fourth-order valence-electron chi connectivity index (χ4n) is 3.04. The number of aliphatic carboxylic acids is 1. The molecular formula is C13H22N2O2. The number of hydrogen-bond donors (Lipinski definition) is 1. The number of fused-ring (bicyclic) bond motifs is 1. The Hall–Kier alpha value is -0.870. The molecule has 2 saturated heterocycles. The van der Waals surface area contributed by atoms with Crippen LogP contribution in [0.2, 0.25) is 0 Å². The van der Waals surface area contributed by atoms with Gasteiger partial charge in [-0.25, -0.2) is 4.79 Å². The Morgan fingerprint density at radius 1 is 1.35 bits per heavy atom. The predicted octanol–water partition coefficient (Wildman–Crippen LogP) is 1.19. The van der Waals surface area contributed by atoms with Crippen molar-refractivity contribution < 1.29 is 9.90 Å². The zero-order chi connectivity index (χ0) is 12.3. The van der Waals surface area contributed by atoms with Crippen molar-refractivity contribution in [2.75, 3.05) is 32.7 Å². The van der Waals surface area contributed by atoms with Crippen LogP contribution < -0.4 is 0 Å². The molecule has 2 aliphatic heterocycles. The van der Waals surface area contributed by atoms with Crippen LogP contribution in [0.5, 0.6) is 0 Å². The van der Waals surface area contributed by atoms with Crippen LogP contribution in [-0.4, -0.2) is 59.6 Å². The minimum atomic E-state index is -0.834. The molecular weight excluding hydrogens is 216 g/mol. The molecule has 2 fully saturated rings. The van der Waals surface area contributed by atoms with E-state index in [1.165, 1.54) is 38.4 Å². The maximum absolute atomic E-state index is 10.6. The summed E-state index contributed by atoms with van der Waals surface area (Å²) in [7, 11) is 0. The smallest absolute Gasteiger partial charge is 0.328 e. The highest BCUT2D eigenvalue weighted by molar-refractivity contribution is 5.80. The lowest BCUT2D eigenvalue weighted by Crippen LogP contribution is -2.37. The molecule has 0 aliphatic carbocycles. The first kappa shape index (κ1) is 12.6. The van der Waals surface area contributed by atoms with E-state index in [0.29, 0.717) is 6.04 Å². The van der Waals surface area contributed by atoms with Gasteiger partial charge in [-0.1, -0.05) is 5.57 Å². The molecule has 0 aromatic rings. The maximum Gasteiger partial charge on any atom is 0.328 e. The van der Waals surface area contributed by atoms with Gasteiger partial charge in [-0.05, 0) is 45.8 Å². The van der Waals surface area contributed by atoms with E-state index >= 15 is 0 Å². The van der Waals surface area contributed by atoms with E-state index in [1.54, 1.807) is 0 Å². The second-order valence-electron chi connectivity index (χ2n) is 5.25. The van der Waals surface area contributed by atoms with Crippen molar-refractivity contribution in [1.29, 1.82) is 0 Å². The Morgan fingerprint density at radius 3 is 2.88 bits per heavy atom. The third-order valence-corrected chi connectivity index (χ3v) is 3.73. The van der Waals surface area contributed by atoms with Crippen molar-refractivity contribution in [3.63, 3.8) is 0 Å². The summed E-state index contributed by atoms with van der Waals surface area (Å²) in [4.78, 5) is 15.6. The second-order valence-corrected chi connectivity index (χ2v) is 5.25. The van der Waals surface area contributed by atoms with Crippen LogP contribution in [0.15, 0.2) is 11.6 Å². The monoisotopic (exact) mass is 238 g/mol. The van der Waals surface area contributed by atoms with Gasteiger partial charge in [0.1, 0.15) is 0 Å². The highest BCUT2D eigenvalue weighted by atomic mass is 16.4. The van der Waals surface area contributed by atoms with Crippen molar-refractivity contribution in [2.45, 2.75) is 32.2 Å². The molecule has 0 radical (unpaired) electrons. The third-order valence-electron chi connectivity index (χ3n) is 3.73. The normalized spacial score (nSPS) is 27.8. The molecule has 17 heavy (non-hydrogen) atoms. The van der Waals surface area contributed by atoms with Gasteiger partial charge in [0, 0.05) is 25.2 Å². The first-order valence-corrected chi connectivity index (χ1v) is 6.51. The van der Waals surface area contributed by atoms with Crippen molar-refractivity contribution in [1.82, 2.24) is 9.80 Å². The standard InChI is InChI=1S/C13H22N2O2/c1-11(8-13(16)17)9-14-5-3-7-15-6-2-4-12(15)10-14/h8,12H,2-7,9-10H2,1H3,(H,16,17). The molecule has 0 bridgehead atoms. The SMILES string of the molecule is CC(=CC(=O)O)CN1CCCN2CCCC2C1. The number of carboxylic acids is 1. The Balaban J connectivity index is 1.90. The molecule has 96 valence electrons. The summed E-state index contributed by atoms with van der Waals surface area (Å²) in [5, 5.41) is 8.72. The average molecular weight is 238 g/mol. The molecule has 1 unspecified atom stereocenters. The molecule has 0 spiro atoms. The average Bonchev–Trinajstić information content (AvgIpc) is 2.56. The lowest BCUT2D eigenvalue weighted by atomic mass is 10.2. The predicted molar refractivity (Wildman–Crippen MR) is 67.0 cm³/mol. The van der Waals surface area contributed by atoms with Crippen LogP contribution in [0.4, 0.5) is 0 Å². The summed E-state index contributed by atoms with van der Waals surface area (Å²) in [6.45, 7) is 7.37. The molecule has 1 N–H and O–H groups in total. The van der Waals surface area contributed by atoms with Crippen molar-refractivity contribution in [3.8, 4) is 0 Å². The van der Waals surface area contributed by atoms with E-state index in [4.69, 9.17) is 5.11 Å². The van der Waals surface area contributed by atoms with Gasteiger partial charge in [-0.3, -0.25) is 9.80 Å². The Morgan fingerprint density at radius 2 is 2.12 bits per heavy atom. The van der Waals surface area contributed by atoms with Gasteiger partial charge < -0.3 is 5.11 Å². The number of carboxylic acid groups (broad SMARTS) is 1. The van der Waals surface area contributed by atoms with E-state index in [0.717, 1.165) is 25.2 Å². The lowest BCUT2D eigenvalue weighted by Gasteiger charge is -2.25. The molecule has 4 heteroatoms. The second kappa shape index (κ2) is 5.65. The van der Waals surface area contributed by atoms with Crippen LogP contribution in [0.25, 0.3) is 0 Å². The van der Waals surface area contributed by atoms with E-state index < -0.39 is 5.97 Å². The molecule has 1 atom stereocenters. The van der Waals surface area contributed by atoms with Crippen LogP contribution in [0.1, 0.15) is 26.2 Å². The van der Waals surface area contributed by atoms with Gasteiger partial charge in [0.2, 0.25) is 0 Å². The number of rotatable bonds is 3. The van der Waals surface area contributed by atoms with E-state index in [-0.39, 0.29) is 0 Å². The third kappa shape index (κ3) is 3.54. The van der Waals surface area contributed by atoms with Gasteiger partial charge >= 0.3 is 5.97 Å². The fourth-order valence-corrected chi connectivity index (χ4v) is 3.04. The summed E-state index contributed by atoms with van der Waals surface area (Å²) in [5.41, 5.74) is 0.948. The van der Waals surface area contributed by atoms with Gasteiger partial charge in [-0.2, -0.15) is 0 Å². The van der Waals surface area contributed by atoms with Crippen LogP contribution in [0, 0.1) is 0 Å². The van der Waals surface area contributed by atoms with Crippen LogP contribution >= 0.6 is 0 Å². The van der Waals surface area contributed by atoms with Crippen LogP contribution in [0.3, 0.4) is 0 Å². The van der Waals surface area contributed by atoms with E-state index in [9.17, 15) is 4.79 Å². The minimum absolute atomic E-state index is 0.704. The summed E-state index contributed by atoms with van der Waals surface area (Å²) in [5.74, 6) is -0.834. The Bertz CT molecular complexity index is 315. The van der Waals surface area contributed by atoms with Gasteiger partial charge in [0.05, 0.1) is 0 Å². The first-order chi connectivity index (χ1) is 8.15. The molecule has 2 aliphatic rings. The Kier molecular flexibility index (Phi) is 4.18.